The van der Waals surface area contributed by atoms with Crippen LogP contribution in [0, 0.1) is 23.7 Å². The van der Waals surface area contributed by atoms with Crippen LogP contribution in [0.4, 0.5) is 18.0 Å². The quantitative estimate of drug-likeness (QED) is 0.509. The first-order valence-corrected chi connectivity index (χ1v) is 11.6. The van der Waals surface area contributed by atoms with Gasteiger partial charge >= 0.3 is 28.3 Å². The molecule has 0 aromatic heterocycles. The molecule has 3 aliphatic rings. The van der Waals surface area contributed by atoms with E-state index >= 15 is 0 Å². The second-order valence-electron chi connectivity index (χ2n) is 8.24. The summed E-state index contributed by atoms with van der Waals surface area (Å²) in [6.07, 6.45) is 2.78. The third kappa shape index (κ3) is 5.87. The van der Waals surface area contributed by atoms with Gasteiger partial charge < -0.3 is 10.6 Å². The van der Waals surface area contributed by atoms with Crippen molar-refractivity contribution < 1.29 is 31.2 Å². The van der Waals surface area contributed by atoms with Crippen LogP contribution < -0.4 is 15.4 Å². The molecule has 8 nitrogen and oxygen atoms in total. The van der Waals surface area contributed by atoms with Gasteiger partial charge in [-0.2, -0.15) is 25.9 Å². The first kappa shape index (κ1) is 22.9. The van der Waals surface area contributed by atoms with Gasteiger partial charge in [-0.3, -0.25) is 4.79 Å². The third-order valence-corrected chi connectivity index (χ3v) is 7.66. The minimum absolute atomic E-state index is 0.00431. The Morgan fingerprint density at radius 3 is 2.33 bits per heavy atom. The molecular formula is C18H27F3N4O4S. The molecule has 0 radical (unpaired) electrons. The zero-order valence-electron chi connectivity index (χ0n) is 16.5. The number of nitrogens with one attached hydrogen (secondary N) is 3. The number of carbonyl (C=O) groups is 2. The Labute approximate surface area is 173 Å². The van der Waals surface area contributed by atoms with E-state index in [1.54, 1.807) is 0 Å². The maximum atomic E-state index is 12.4. The molecule has 3 atom stereocenters. The number of allylic oxidation sites excluding steroid dienone is 2. The van der Waals surface area contributed by atoms with Crippen LogP contribution in [0.2, 0.25) is 0 Å². The van der Waals surface area contributed by atoms with Crippen molar-refractivity contribution in [2.24, 2.45) is 23.7 Å². The van der Waals surface area contributed by atoms with E-state index in [0.717, 1.165) is 17.1 Å². The maximum Gasteiger partial charge on any atom is 0.471 e. The lowest BCUT2D eigenvalue weighted by Gasteiger charge is -2.31. The molecule has 2 fully saturated rings. The minimum Gasteiger partial charge on any atom is -0.348 e. The van der Waals surface area contributed by atoms with Crippen molar-refractivity contribution in [3.63, 3.8) is 0 Å². The van der Waals surface area contributed by atoms with Crippen LogP contribution in [0.15, 0.2) is 12.2 Å². The van der Waals surface area contributed by atoms with Crippen molar-refractivity contribution in [3.05, 3.63) is 12.2 Å². The highest BCUT2D eigenvalue weighted by molar-refractivity contribution is 7.87. The van der Waals surface area contributed by atoms with E-state index in [1.807, 2.05) is 10.0 Å². The standard InChI is InChI=1S/C18H27F3N4O4S/c19-18(20,21)16(26)22-6-3-12-4-7-25(8-5-12)30(28,29)24-17(27)23-11-15-10-13-1-2-14(15)9-13/h1-2,12-15H,3-11H2,(H,22,26)(H2,23,24,27)/t13-,14-,15+/m1/s1. The Balaban J connectivity index is 1.35. The molecule has 1 aliphatic heterocycles. The number of urea groups is 1. The van der Waals surface area contributed by atoms with Gasteiger partial charge in [0.15, 0.2) is 0 Å². The largest absolute Gasteiger partial charge is 0.471 e. The summed E-state index contributed by atoms with van der Waals surface area (Å²) in [4.78, 5) is 22.8. The van der Waals surface area contributed by atoms with Crippen LogP contribution in [0.5, 0.6) is 0 Å². The van der Waals surface area contributed by atoms with E-state index in [9.17, 15) is 31.2 Å². The molecule has 0 aromatic rings. The lowest BCUT2D eigenvalue weighted by atomic mass is 9.94. The lowest BCUT2D eigenvalue weighted by Crippen LogP contribution is -2.50. The molecule has 3 N–H and O–H groups in total. The number of amides is 3. The molecule has 12 heteroatoms. The predicted octanol–water partition coefficient (Wildman–Crippen LogP) is 1.52. The summed E-state index contributed by atoms with van der Waals surface area (Å²) in [6, 6.07) is -0.751. The summed E-state index contributed by atoms with van der Waals surface area (Å²) in [5.74, 6) is -0.616. The molecular weight excluding hydrogens is 425 g/mol. The van der Waals surface area contributed by atoms with Crippen molar-refractivity contribution in [1.82, 2.24) is 19.7 Å². The van der Waals surface area contributed by atoms with E-state index in [4.69, 9.17) is 0 Å². The number of halogens is 3. The maximum absolute atomic E-state index is 12.4. The van der Waals surface area contributed by atoms with Crippen LogP contribution in [0.25, 0.3) is 0 Å². The summed E-state index contributed by atoms with van der Waals surface area (Å²) in [6.45, 7) is 0.641. The van der Waals surface area contributed by atoms with Gasteiger partial charge in [-0.25, -0.2) is 9.52 Å². The number of carbonyl (C=O) groups excluding carboxylic acids is 2. The number of alkyl halides is 3. The van der Waals surface area contributed by atoms with Gasteiger partial charge in [0, 0.05) is 26.2 Å². The van der Waals surface area contributed by atoms with Gasteiger partial charge in [0.05, 0.1) is 0 Å². The van der Waals surface area contributed by atoms with Crippen molar-refractivity contribution in [2.45, 2.75) is 38.3 Å². The SMILES string of the molecule is O=C(NC[C@@H]1C[C@@H]2C=C[C@@H]1C2)NS(=O)(=O)N1CCC(CCNC(=O)C(F)(F)F)CC1. The fourth-order valence-corrected chi connectivity index (χ4v) is 5.63. The number of rotatable bonds is 7. The van der Waals surface area contributed by atoms with Crippen molar-refractivity contribution in [3.8, 4) is 0 Å². The summed E-state index contributed by atoms with van der Waals surface area (Å²) >= 11 is 0. The monoisotopic (exact) mass is 452 g/mol. The van der Waals surface area contributed by atoms with Gasteiger partial charge in [0.2, 0.25) is 0 Å². The highest BCUT2D eigenvalue weighted by atomic mass is 32.2. The highest BCUT2D eigenvalue weighted by Gasteiger charge is 2.38. The van der Waals surface area contributed by atoms with Crippen LogP contribution >= 0.6 is 0 Å². The second-order valence-corrected chi connectivity index (χ2v) is 9.91. The average molecular weight is 452 g/mol. The average Bonchev–Trinajstić information content (AvgIpc) is 3.29. The number of nitrogens with zero attached hydrogens (tertiary/aromatic N) is 1. The smallest absolute Gasteiger partial charge is 0.348 e. The van der Waals surface area contributed by atoms with Crippen LogP contribution in [0.1, 0.15) is 32.1 Å². The Hall–Kier alpha value is -1.82. The molecule has 0 aromatic carbocycles. The van der Waals surface area contributed by atoms with E-state index in [0.29, 0.717) is 43.6 Å². The third-order valence-electron chi connectivity index (χ3n) is 6.17. The van der Waals surface area contributed by atoms with Crippen LogP contribution in [-0.2, 0) is 15.0 Å². The summed E-state index contributed by atoms with van der Waals surface area (Å²) in [5.41, 5.74) is 0. The molecule has 1 heterocycles. The molecule has 3 rings (SSSR count). The van der Waals surface area contributed by atoms with Crippen molar-refractivity contribution >= 4 is 22.1 Å². The van der Waals surface area contributed by atoms with Crippen LogP contribution in [0.3, 0.4) is 0 Å². The molecule has 2 bridgehead atoms. The van der Waals surface area contributed by atoms with Gasteiger partial charge in [-0.1, -0.05) is 12.2 Å². The fourth-order valence-electron chi connectivity index (χ4n) is 4.50. The predicted molar refractivity (Wildman–Crippen MR) is 102 cm³/mol. The molecule has 1 saturated heterocycles. The fraction of sp³-hybridized carbons (Fsp3) is 0.778. The lowest BCUT2D eigenvalue weighted by molar-refractivity contribution is -0.173. The van der Waals surface area contributed by atoms with E-state index in [2.05, 4.69) is 17.5 Å². The van der Waals surface area contributed by atoms with Gasteiger partial charge in [0.25, 0.3) is 0 Å². The summed E-state index contributed by atoms with van der Waals surface area (Å²) < 4.78 is 64.5. The normalized spacial score (nSPS) is 27.2. The first-order valence-electron chi connectivity index (χ1n) is 10.1. The molecule has 170 valence electrons. The Morgan fingerprint density at radius 2 is 1.77 bits per heavy atom. The molecule has 30 heavy (non-hydrogen) atoms. The molecule has 3 amide bonds. The summed E-state index contributed by atoms with van der Waals surface area (Å²) in [7, 11) is -3.98. The van der Waals surface area contributed by atoms with E-state index in [1.165, 1.54) is 0 Å². The molecule has 2 aliphatic carbocycles. The Kier molecular flexibility index (Phi) is 6.95. The zero-order chi connectivity index (χ0) is 21.9. The van der Waals surface area contributed by atoms with E-state index < -0.39 is 28.3 Å². The van der Waals surface area contributed by atoms with Gasteiger partial charge in [-0.15, -0.1) is 0 Å². The van der Waals surface area contributed by atoms with E-state index in [-0.39, 0.29) is 25.6 Å². The number of hydrogen-bond acceptors (Lipinski definition) is 4. The van der Waals surface area contributed by atoms with Crippen molar-refractivity contribution in [2.75, 3.05) is 26.2 Å². The highest BCUT2D eigenvalue weighted by Crippen LogP contribution is 2.42. The number of hydrogen-bond donors (Lipinski definition) is 3. The van der Waals surface area contributed by atoms with Crippen molar-refractivity contribution in [1.29, 1.82) is 0 Å². The molecule has 1 saturated carbocycles. The Morgan fingerprint density at radius 1 is 1.07 bits per heavy atom. The van der Waals surface area contributed by atoms with Crippen LogP contribution in [-0.4, -0.2) is 57.0 Å². The number of piperidine rings is 1. The summed E-state index contributed by atoms with van der Waals surface area (Å²) in [5, 5.41) is 4.46. The second kappa shape index (κ2) is 9.13. The topological polar surface area (TPSA) is 108 Å². The minimum atomic E-state index is -4.91. The molecule has 0 unspecified atom stereocenters. The number of fused-ring (bicyclic) bond motifs is 2. The van der Waals surface area contributed by atoms with Gasteiger partial charge in [-0.05, 0) is 55.8 Å². The first-order chi connectivity index (χ1) is 14.0. The Bertz CT molecular complexity index is 779. The van der Waals surface area contributed by atoms with Gasteiger partial charge in [0.1, 0.15) is 0 Å². The molecule has 0 spiro atoms. The zero-order valence-corrected chi connectivity index (χ0v) is 17.3.